The van der Waals surface area contributed by atoms with Crippen molar-refractivity contribution in [1.29, 1.82) is 0 Å². The second-order valence-electron chi connectivity index (χ2n) is 1.70. The molecule has 0 aromatic heterocycles. The number of halogens is 6. The molecule has 0 aliphatic carbocycles. The summed E-state index contributed by atoms with van der Waals surface area (Å²) in [4.78, 5) is 9.84. The van der Waals surface area contributed by atoms with Gasteiger partial charge in [0.25, 0.3) is 0 Å². The van der Waals surface area contributed by atoms with Crippen LogP contribution in [0.1, 0.15) is 0 Å². The zero-order valence-electron chi connectivity index (χ0n) is 5.70. The lowest BCUT2D eigenvalue weighted by atomic mass is 10.7. The van der Waals surface area contributed by atoms with Gasteiger partial charge in [-0.25, -0.2) is 4.79 Å². The summed E-state index contributed by atoms with van der Waals surface area (Å²) in [6.07, 6.45) is -12.7. The molecule has 13 heavy (non-hydrogen) atoms. The van der Waals surface area contributed by atoms with Crippen molar-refractivity contribution >= 4 is 6.16 Å². The minimum absolute atomic E-state index is 2.12. The van der Waals surface area contributed by atoms with E-state index >= 15 is 0 Å². The molecule has 0 atom stereocenters. The molecule has 0 radical (unpaired) electrons. The monoisotopic (exact) mass is 212 g/mol. The Morgan fingerprint density at radius 2 is 1.54 bits per heavy atom. The van der Waals surface area contributed by atoms with Crippen LogP contribution in [0.4, 0.5) is 31.1 Å². The average Bonchev–Trinajstić information content (AvgIpc) is 1.78. The second-order valence-corrected chi connectivity index (χ2v) is 1.70. The first-order chi connectivity index (χ1) is 5.60. The number of carbonyl (C=O) groups excluding carboxylic acids is 1. The number of ether oxygens (including phenoxy) is 2. The van der Waals surface area contributed by atoms with E-state index in [1.807, 2.05) is 0 Å². The lowest BCUT2D eigenvalue weighted by molar-refractivity contribution is -0.302. The van der Waals surface area contributed by atoms with Gasteiger partial charge in [0.15, 0.2) is 6.61 Å². The van der Waals surface area contributed by atoms with Gasteiger partial charge in [-0.05, 0) is 0 Å². The summed E-state index contributed by atoms with van der Waals surface area (Å²) in [6.45, 7) is -2.12. The summed E-state index contributed by atoms with van der Waals surface area (Å²) >= 11 is 0. The van der Waals surface area contributed by atoms with Crippen LogP contribution < -0.4 is 0 Å². The van der Waals surface area contributed by atoms with Crippen molar-refractivity contribution in [1.82, 2.24) is 0 Å². The van der Waals surface area contributed by atoms with Crippen LogP contribution in [0.3, 0.4) is 0 Å². The Labute approximate surface area is 67.2 Å². The molecule has 0 rings (SSSR count). The molecule has 78 valence electrons. The summed E-state index contributed by atoms with van der Waals surface area (Å²) in [5.74, 6) is 0. The lowest BCUT2D eigenvalue weighted by Crippen LogP contribution is -2.25. The third kappa shape index (κ3) is 8.76. The Morgan fingerprint density at radius 1 is 1.08 bits per heavy atom. The third-order valence-electron chi connectivity index (χ3n) is 0.553. The highest BCUT2D eigenvalue weighted by atomic mass is 19.4. The zero-order chi connectivity index (χ0) is 10.7. The lowest BCUT2D eigenvalue weighted by Gasteiger charge is -2.09. The molecule has 0 saturated carbocycles. The predicted octanol–water partition coefficient (Wildman–Crippen LogP) is 2.22. The van der Waals surface area contributed by atoms with Crippen molar-refractivity contribution in [3.05, 3.63) is 0 Å². The maximum Gasteiger partial charge on any atom is 0.577 e. The predicted molar refractivity (Wildman–Crippen MR) is 24.5 cm³/mol. The van der Waals surface area contributed by atoms with E-state index < -0.39 is 25.3 Å². The van der Waals surface area contributed by atoms with Gasteiger partial charge in [0.2, 0.25) is 0 Å². The van der Waals surface area contributed by atoms with Gasteiger partial charge in [0.1, 0.15) is 0 Å². The van der Waals surface area contributed by atoms with Crippen LogP contribution in [0.2, 0.25) is 0 Å². The van der Waals surface area contributed by atoms with Crippen LogP contribution in [0.15, 0.2) is 0 Å². The maximum absolute atomic E-state index is 11.2. The Balaban J connectivity index is 3.78. The van der Waals surface area contributed by atoms with Crippen molar-refractivity contribution in [3.8, 4) is 0 Å². The number of rotatable bonds is 1. The van der Waals surface area contributed by atoms with E-state index in [0.717, 1.165) is 0 Å². The van der Waals surface area contributed by atoms with Crippen LogP contribution in [-0.2, 0) is 9.47 Å². The van der Waals surface area contributed by atoms with Crippen molar-refractivity contribution in [2.24, 2.45) is 0 Å². The molecular formula is C4H2F6O3. The Bertz CT molecular complexity index is 181. The number of hydrogen-bond acceptors (Lipinski definition) is 3. The van der Waals surface area contributed by atoms with Crippen molar-refractivity contribution < 1.29 is 40.6 Å². The van der Waals surface area contributed by atoms with Crippen LogP contribution >= 0.6 is 0 Å². The Hall–Kier alpha value is -1.15. The molecule has 0 bridgehead atoms. The van der Waals surface area contributed by atoms with Gasteiger partial charge in [-0.3, -0.25) is 0 Å². The summed E-state index contributed by atoms with van der Waals surface area (Å²) in [5.41, 5.74) is 0. The summed E-state index contributed by atoms with van der Waals surface area (Å²) in [5, 5.41) is 0. The minimum Gasteiger partial charge on any atom is -0.424 e. The van der Waals surface area contributed by atoms with Crippen molar-refractivity contribution in [2.75, 3.05) is 6.61 Å². The molecule has 0 heterocycles. The first kappa shape index (κ1) is 11.8. The van der Waals surface area contributed by atoms with Gasteiger partial charge in [-0.1, -0.05) is 0 Å². The molecule has 0 unspecified atom stereocenters. The fraction of sp³-hybridized carbons (Fsp3) is 0.750. The number of carbonyl (C=O) groups is 1. The van der Waals surface area contributed by atoms with E-state index in [1.165, 1.54) is 0 Å². The molecule has 0 aromatic rings. The average molecular weight is 212 g/mol. The highest BCUT2D eigenvalue weighted by Gasteiger charge is 2.37. The topological polar surface area (TPSA) is 35.5 Å². The summed E-state index contributed by atoms with van der Waals surface area (Å²) < 4.78 is 72.6. The highest BCUT2D eigenvalue weighted by molar-refractivity contribution is 5.60. The third-order valence-corrected chi connectivity index (χ3v) is 0.553. The molecule has 0 aromatic carbocycles. The summed E-state index contributed by atoms with van der Waals surface area (Å²) in [7, 11) is 0. The van der Waals surface area contributed by atoms with Gasteiger partial charge < -0.3 is 9.47 Å². The zero-order valence-corrected chi connectivity index (χ0v) is 5.70. The van der Waals surface area contributed by atoms with Crippen LogP contribution in [0.25, 0.3) is 0 Å². The largest absolute Gasteiger partial charge is 0.577 e. The van der Waals surface area contributed by atoms with E-state index in [9.17, 15) is 31.1 Å². The molecule has 0 aliphatic heterocycles. The summed E-state index contributed by atoms with van der Waals surface area (Å²) in [6, 6.07) is 0. The van der Waals surface area contributed by atoms with Crippen molar-refractivity contribution in [2.45, 2.75) is 12.5 Å². The van der Waals surface area contributed by atoms with E-state index in [-0.39, 0.29) is 0 Å². The fourth-order valence-electron chi connectivity index (χ4n) is 0.265. The molecule has 0 fully saturated rings. The van der Waals surface area contributed by atoms with Gasteiger partial charge >= 0.3 is 18.7 Å². The first-order valence-electron chi connectivity index (χ1n) is 2.59. The first-order valence-corrected chi connectivity index (χ1v) is 2.59. The number of hydrogen-bond donors (Lipinski definition) is 0. The second kappa shape index (κ2) is 3.71. The molecule has 9 heteroatoms. The highest BCUT2D eigenvalue weighted by Crippen LogP contribution is 2.19. The normalized spacial score (nSPS) is 12.5. The van der Waals surface area contributed by atoms with Crippen LogP contribution in [0, 0.1) is 0 Å². The van der Waals surface area contributed by atoms with Crippen LogP contribution in [-0.4, -0.2) is 25.3 Å². The van der Waals surface area contributed by atoms with Crippen LogP contribution in [0.5, 0.6) is 0 Å². The van der Waals surface area contributed by atoms with Crippen molar-refractivity contribution in [3.63, 3.8) is 0 Å². The smallest absolute Gasteiger partial charge is 0.424 e. The fourth-order valence-corrected chi connectivity index (χ4v) is 0.265. The standard InChI is InChI=1S/C4H2F6O3/c5-3(6,7)1-12-2(11)13-4(8,9)10/h1H2. The van der Waals surface area contributed by atoms with E-state index in [1.54, 1.807) is 0 Å². The van der Waals surface area contributed by atoms with Gasteiger partial charge in [-0.2, -0.15) is 13.2 Å². The Morgan fingerprint density at radius 3 is 1.85 bits per heavy atom. The quantitative estimate of drug-likeness (QED) is 0.493. The van der Waals surface area contributed by atoms with Gasteiger partial charge in [0, 0.05) is 0 Å². The SMILES string of the molecule is O=C(OCC(F)(F)F)OC(F)(F)F. The molecular weight excluding hydrogens is 210 g/mol. The minimum atomic E-state index is -5.34. The number of alkyl halides is 6. The molecule has 0 amide bonds. The molecule has 0 saturated heterocycles. The van der Waals surface area contributed by atoms with Gasteiger partial charge in [-0.15, -0.1) is 13.2 Å². The van der Waals surface area contributed by atoms with E-state index in [2.05, 4.69) is 9.47 Å². The molecule has 0 aliphatic rings. The van der Waals surface area contributed by atoms with E-state index in [0.29, 0.717) is 0 Å². The molecule has 3 nitrogen and oxygen atoms in total. The van der Waals surface area contributed by atoms with Gasteiger partial charge in [0.05, 0.1) is 0 Å². The Kier molecular flexibility index (Phi) is 3.38. The molecule has 0 N–H and O–H groups in total. The van der Waals surface area contributed by atoms with E-state index in [4.69, 9.17) is 0 Å². The maximum atomic E-state index is 11.2. The molecule has 0 spiro atoms.